The van der Waals surface area contributed by atoms with Gasteiger partial charge >= 0.3 is 6.01 Å². The van der Waals surface area contributed by atoms with Crippen LogP contribution in [0.15, 0.2) is 28.7 Å². The van der Waals surface area contributed by atoms with E-state index < -0.39 is 0 Å². The number of anilines is 2. The molecule has 0 amide bonds. The first-order valence-corrected chi connectivity index (χ1v) is 8.12. The molecule has 0 bridgehead atoms. The lowest BCUT2D eigenvalue weighted by Crippen LogP contribution is -2.23. The standard InChI is InChI=1S/C17H24N4O2/c1-12(2)16-19-20-17(23-16)18-10-13-8-9-21(11-13)14-6-4-5-7-15(14)22-3/h4-7,12-13H,8-11H2,1-3H3,(H,18,20). The predicted octanol–water partition coefficient (Wildman–Crippen LogP) is 3.14. The molecule has 6 nitrogen and oxygen atoms in total. The van der Waals surface area contributed by atoms with Gasteiger partial charge in [-0.2, -0.15) is 0 Å². The Morgan fingerprint density at radius 3 is 2.91 bits per heavy atom. The zero-order chi connectivity index (χ0) is 16.2. The summed E-state index contributed by atoms with van der Waals surface area (Å²) in [6, 6.07) is 8.69. The van der Waals surface area contributed by atoms with Gasteiger partial charge in [-0.05, 0) is 24.5 Å². The molecule has 1 saturated heterocycles. The van der Waals surface area contributed by atoms with Gasteiger partial charge in [-0.25, -0.2) is 0 Å². The second kappa shape index (κ2) is 6.89. The van der Waals surface area contributed by atoms with Gasteiger partial charge in [0.25, 0.3) is 0 Å². The van der Waals surface area contributed by atoms with Crippen LogP contribution in [-0.4, -0.2) is 36.9 Å². The maximum atomic E-state index is 5.59. The highest BCUT2D eigenvalue weighted by Gasteiger charge is 2.24. The van der Waals surface area contributed by atoms with Crippen LogP contribution in [0.25, 0.3) is 0 Å². The Balaban J connectivity index is 1.55. The molecule has 1 aromatic heterocycles. The third kappa shape index (κ3) is 3.57. The lowest BCUT2D eigenvalue weighted by Gasteiger charge is -2.21. The van der Waals surface area contributed by atoms with Crippen molar-refractivity contribution < 1.29 is 9.15 Å². The highest BCUT2D eigenvalue weighted by atomic mass is 16.5. The van der Waals surface area contributed by atoms with Gasteiger partial charge in [-0.1, -0.05) is 31.1 Å². The molecule has 0 radical (unpaired) electrons. The van der Waals surface area contributed by atoms with Crippen LogP contribution < -0.4 is 15.0 Å². The molecule has 1 aliphatic heterocycles. The largest absolute Gasteiger partial charge is 0.495 e. The first kappa shape index (κ1) is 15.6. The zero-order valence-electron chi connectivity index (χ0n) is 14.0. The van der Waals surface area contributed by atoms with Crippen molar-refractivity contribution in [1.82, 2.24) is 10.2 Å². The van der Waals surface area contributed by atoms with Crippen molar-refractivity contribution in [2.24, 2.45) is 5.92 Å². The Bertz CT molecular complexity index is 641. The number of rotatable bonds is 6. The third-order valence-electron chi connectivity index (χ3n) is 4.19. The molecule has 23 heavy (non-hydrogen) atoms. The summed E-state index contributed by atoms with van der Waals surface area (Å²) in [4.78, 5) is 2.37. The van der Waals surface area contributed by atoms with Crippen LogP contribution in [0.5, 0.6) is 5.75 Å². The molecule has 0 saturated carbocycles. The molecule has 2 heterocycles. The van der Waals surface area contributed by atoms with Crippen molar-refractivity contribution in [3.63, 3.8) is 0 Å². The van der Waals surface area contributed by atoms with E-state index in [1.165, 1.54) is 0 Å². The molecule has 1 atom stereocenters. The van der Waals surface area contributed by atoms with Crippen molar-refractivity contribution in [3.8, 4) is 5.75 Å². The number of nitrogens with one attached hydrogen (secondary N) is 1. The third-order valence-corrected chi connectivity index (χ3v) is 4.19. The predicted molar refractivity (Wildman–Crippen MR) is 90.2 cm³/mol. The van der Waals surface area contributed by atoms with Crippen LogP contribution in [-0.2, 0) is 0 Å². The van der Waals surface area contributed by atoms with Crippen LogP contribution in [0.4, 0.5) is 11.7 Å². The Labute approximate surface area is 136 Å². The molecule has 3 rings (SSSR count). The molecule has 1 N–H and O–H groups in total. The Morgan fingerprint density at radius 1 is 1.35 bits per heavy atom. The maximum absolute atomic E-state index is 5.59. The van der Waals surface area contributed by atoms with Gasteiger partial charge in [0, 0.05) is 25.6 Å². The van der Waals surface area contributed by atoms with E-state index in [1.807, 2.05) is 26.0 Å². The van der Waals surface area contributed by atoms with Crippen LogP contribution in [0.1, 0.15) is 32.1 Å². The Kier molecular flexibility index (Phi) is 4.69. The summed E-state index contributed by atoms with van der Waals surface area (Å²) >= 11 is 0. The Morgan fingerprint density at radius 2 is 2.17 bits per heavy atom. The van der Waals surface area contributed by atoms with Gasteiger partial charge in [0.15, 0.2) is 0 Å². The number of methoxy groups -OCH3 is 1. The summed E-state index contributed by atoms with van der Waals surface area (Å²) in [7, 11) is 1.72. The van der Waals surface area contributed by atoms with Gasteiger partial charge in [0.05, 0.1) is 12.8 Å². The summed E-state index contributed by atoms with van der Waals surface area (Å²) in [5.74, 6) is 2.41. The average Bonchev–Trinajstić information content (AvgIpc) is 3.22. The second-order valence-electron chi connectivity index (χ2n) is 6.25. The number of hydrogen-bond acceptors (Lipinski definition) is 6. The molecule has 2 aromatic rings. The van der Waals surface area contributed by atoms with E-state index >= 15 is 0 Å². The number of para-hydroxylation sites is 2. The summed E-state index contributed by atoms with van der Waals surface area (Å²) in [6.45, 7) is 6.95. The summed E-state index contributed by atoms with van der Waals surface area (Å²) in [5, 5.41) is 11.3. The smallest absolute Gasteiger partial charge is 0.315 e. The normalized spacial score (nSPS) is 17.7. The first-order valence-electron chi connectivity index (χ1n) is 8.12. The maximum Gasteiger partial charge on any atom is 0.315 e. The molecular formula is C17H24N4O2. The molecule has 1 aliphatic rings. The van der Waals surface area contributed by atoms with Crippen molar-refractivity contribution >= 4 is 11.7 Å². The molecule has 1 unspecified atom stereocenters. The van der Waals surface area contributed by atoms with Crippen molar-refractivity contribution in [1.29, 1.82) is 0 Å². The molecule has 0 spiro atoms. The fraction of sp³-hybridized carbons (Fsp3) is 0.529. The molecular weight excluding hydrogens is 292 g/mol. The lowest BCUT2D eigenvalue weighted by molar-refractivity contribution is 0.414. The van der Waals surface area contributed by atoms with E-state index in [4.69, 9.17) is 9.15 Å². The van der Waals surface area contributed by atoms with Gasteiger partial charge < -0.3 is 19.4 Å². The van der Waals surface area contributed by atoms with Gasteiger partial charge in [-0.3, -0.25) is 0 Å². The SMILES string of the molecule is COc1ccccc1N1CCC(CNc2nnc(C(C)C)o2)C1. The van der Waals surface area contributed by atoms with Gasteiger partial charge in [0.1, 0.15) is 5.75 Å². The first-order chi connectivity index (χ1) is 11.2. The number of hydrogen-bond donors (Lipinski definition) is 1. The second-order valence-corrected chi connectivity index (χ2v) is 6.25. The number of aromatic nitrogens is 2. The molecule has 6 heteroatoms. The summed E-state index contributed by atoms with van der Waals surface area (Å²) in [5.41, 5.74) is 1.16. The highest BCUT2D eigenvalue weighted by molar-refractivity contribution is 5.59. The molecule has 0 aliphatic carbocycles. The summed E-state index contributed by atoms with van der Waals surface area (Å²) < 4.78 is 11.0. The van der Waals surface area contributed by atoms with Crippen molar-refractivity contribution in [3.05, 3.63) is 30.2 Å². The fourth-order valence-electron chi connectivity index (χ4n) is 2.88. The average molecular weight is 316 g/mol. The minimum absolute atomic E-state index is 0.255. The molecule has 124 valence electrons. The minimum Gasteiger partial charge on any atom is -0.495 e. The minimum atomic E-state index is 0.255. The van der Waals surface area contributed by atoms with E-state index in [1.54, 1.807) is 7.11 Å². The molecule has 1 fully saturated rings. The van der Waals surface area contributed by atoms with E-state index in [-0.39, 0.29) is 5.92 Å². The lowest BCUT2D eigenvalue weighted by atomic mass is 10.1. The van der Waals surface area contributed by atoms with Crippen LogP contribution in [0.3, 0.4) is 0 Å². The zero-order valence-corrected chi connectivity index (χ0v) is 14.0. The highest BCUT2D eigenvalue weighted by Crippen LogP contribution is 2.32. The Hall–Kier alpha value is -2.24. The fourth-order valence-corrected chi connectivity index (χ4v) is 2.88. The van der Waals surface area contributed by atoms with E-state index in [0.29, 0.717) is 17.8 Å². The summed E-state index contributed by atoms with van der Waals surface area (Å²) in [6.07, 6.45) is 1.14. The number of benzene rings is 1. The monoisotopic (exact) mass is 316 g/mol. The van der Waals surface area contributed by atoms with E-state index in [0.717, 1.165) is 37.5 Å². The van der Waals surface area contributed by atoms with Crippen LogP contribution in [0.2, 0.25) is 0 Å². The van der Waals surface area contributed by atoms with Crippen molar-refractivity contribution in [2.45, 2.75) is 26.2 Å². The number of nitrogens with zero attached hydrogens (tertiary/aromatic N) is 3. The van der Waals surface area contributed by atoms with Crippen LogP contribution >= 0.6 is 0 Å². The topological polar surface area (TPSA) is 63.4 Å². The quantitative estimate of drug-likeness (QED) is 0.883. The van der Waals surface area contributed by atoms with E-state index in [2.05, 4.69) is 32.5 Å². The van der Waals surface area contributed by atoms with E-state index in [9.17, 15) is 0 Å². The van der Waals surface area contributed by atoms with Crippen molar-refractivity contribution in [2.75, 3.05) is 37.0 Å². The van der Waals surface area contributed by atoms with Crippen LogP contribution in [0, 0.1) is 5.92 Å². The van der Waals surface area contributed by atoms with Gasteiger partial charge in [0.2, 0.25) is 5.89 Å². The van der Waals surface area contributed by atoms with Gasteiger partial charge in [-0.15, -0.1) is 5.10 Å². The number of ether oxygens (including phenoxy) is 1. The molecule has 1 aromatic carbocycles.